The number of unbranched alkanes of at least 4 members (excludes halogenated alkanes) is 1. The molecule has 34 heavy (non-hydrogen) atoms. The van der Waals surface area contributed by atoms with Gasteiger partial charge >= 0.3 is 0 Å². The Bertz CT molecular complexity index is 1220. The number of carbonyl (C=O) groups excluding carboxylic acids is 1. The van der Waals surface area contributed by atoms with Crippen LogP contribution in [-0.4, -0.2) is 33.7 Å². The minimum Gasteiger partial charge on any atom is -0.493 e. The maximum atomic E-state index is 13.3. The number of amides is 1. The normalized spacial score (nSPS) is 11.4. The smallest absolute Gasteiger partial charge is 0.264 e. The van der Waals surface area contributed by atoms with Gasteiger partial charge < -0.3 is 4.74 Å². The minimum atomic E-state index is -4.00. The quantitative estimate of drug-likeness (QED) is 0.232. The van der Waals surface area contributed by atoms with E-state index in [0.29, 0.717) is 28.6 Å². The van der Waals surface area contributed by atoms with Gasteiger partial charge in [-0.1, -0.05) is 55.3 Å². The van der Waals surface area contributed by atoms with E-state index in [1.165, 1.54) is 18.3 Å². The molecule has 3 rings (SSSR count). The molecule has 0 bridgehead atoms. The van der Waals surface area contributed by atoms with E-state index in [1.807, 2.05) is 24.3 Å². The van der Waals surface area contributed by atoms with Crippen LogP contribution in [0.1, 0.15) is 25.3 Å². The van der Waals surface area contributed by atoms with Crippen LogP contribution in [0.25, 0.3) is 0 Å². The third kappa shape index (κ3) is 6.82. The number of carbonyl (C=O) groups is 1. The Balaban J connectivity index is 1.76. The van der Waals surface area contributed by atoms with Gasteiger partial charge in [0.2, 0.25) is 0 Å². The number of sulfonamides is 1. The molecule has 7 nitrogen and oxygen atoms in total. The highest BCUT2D eigenvalue weighted by Gasteiger charge is 2.27. The summed E-state index contributed by atoms with van der Waals surface area (Å²) in [5.41, 5.74) is 3.41. The molecule has 178 valence electrons. The number of benzene rings is 3. The Hall–Kier alpha value is -3.36. The summed E-state index contributed by atoms with van der Waals surface area (Å²) < 4.78 is 33.3. The summed E-state index contributed by atoms with van der Waals surface area (Å²) in [5, 5.41) is 4.45. The van der Waals surface area contributed by atoms with Gasteiger partial charge in [0, 0.05) is 10.6 Å². The molecule has 0 heterocycles. The molecule has 0 unspecified atom stereocenters. The second-order valence-electron chi connectivity index (χ2n) is 7.33. The number of rotatable bonds is 11. The number of hydrazone groups is 1. The molecule has 0 aliphatic heterocycles. The van der Waals surface area contributed by atoms with Gasteiger partial charge in [0.15, 0.2) is 0 Å². The average molecular weight is 500 g/mol. The lowest BCUT2D eigenvalue weighted by Gasteiger charge is -2.23. The molecular formula is C25H26ClN3O4S. The monoisotopic (exact) mass is 499 g/mol. The molecule has 9 heteroatoms. The predicted molar refractivity (Wildman–Crippen MR) is 135 cm³/mol. The fourth-order valence-corrected chi connectivity index (χ4v) is 4.59. The van der Waals surface area contributed by atoms with Crippen LogP contribution in [0.2, 0.25) is 5.02 Å². The van der Waals surface area contributed by atoms with Crippen LogP contribution in [0.15, 0.2) is 88.9 Å². The predicted octanol–water partition coefficient (Wildman–Crippen LogP) is 4.86. The van der Waals surface area contributed by atoms with Crippen molar-refractivity contribution in [3.8, 4) is 5.75 Å². The van der Waals surface area contributed by atoms with E-state index >= 15 is 0 Å². The molecule has 0 radical (unpaired) electrons. The fraction of sp³-hybridized carbons (Fsp3) is 0.200. The number of nitrogens with zero attached hydrogens (tertiary/aromatic N) is 2. The number of para-hydroxylation sites is 1. The van der Waals surface area contributed by atoms with Crippen LogP contribution in [0.3, 0.4) is 0 Å². The second kappa shape index (κ2) is 12.2. The molecule has 3 aromatic carbocycles. The van der Waals surface area contributed by atoms with E-state index in [2.05, 4.69) is 17.5 Å². The molecular weight excluding hydrogens is 474 g/mol. The molecule has 0 fully saturated rings. The van der Waals surface area contributed by atoms with Crippen molar-refractivity contribution < 1.29 is 17.9 Å². The third-order valence-corrected chi connectivity index (χ3v) is 6.84. The minimum absolute atomic E-state index is 0.0689. The average Bonchev–Trinajstić information content (AvgIpc) is 2.85. The standard InChI is InChI=1S/C25H26ClN3O4S/c1-2-3-17-33-24-12-8-7-9-20(24)18-27-28-25(30)19-29(22-15-13-21(26)14-16-22)34(31,32)23-10-5-4-6-11-23/h4-16,18H,2-3,17,19H2,1H3,(H,28,30)/b27-18-. The van der Waals surface area contributed by atoms with E-state index in [-0.39, 0.29) is 4.90 Å². The van der Waals surface area contributed by atoms with Crippen LogP contribution in [0, 0.1) is 0 Å². The molecule has 0 saturated carbocycles. The number of halogens is 1. The SMILES string of the molecule is CCCCOc1ccccc1/C=N\NC(=O)CN(c1ccc(Cl)cc1)S(=O)(=O)c1ccccc1. The Morgan fingerprint density at radius 1 is 1.03 bits per heavy atom. The second-order valence-corrected chi connectivity index (χ2v) is 9.63. The molecule has 1 amide bonds. The van der Waals surface area contributed by atoms with E-state index in [1.54, 1.807) is 42.5 Å². The van der Waals surface area contributed by atoms with Gasteiger partial charge in [-0.15, -0.1) is 0 Å². The van der Waals surface area contributed by atoms with Crippen LogP contribution in [0.4, 0.5) is 5.69 Å². The zero-order valence-electron chi connectivity index (χ0n) is 18.7. The lowest BCUT2D eigenvalue weighted by atomic mass is 10.2. The van der Waals surface area contributed by atoms with Gasteiger partial charge in [-0.05, 0) is 55.0 Å². The molecule has 0 aliphatic carbocycles. The molecule has 0 atom stereocenters. The van der Waals surface area contributed by atoms with Crippen molar-refractivity contribution in [3.63, 3.8) is 0 Å². The lowest BCUT2D eigenvalue weighted by molar-refractivity contribution is -0.119. The first-order valence-corrected chi connectivity index (χ1v) is 12.6. The first-order valence-electron chi connectivity index (χ1n) is 10.8. The highest BCUT2D eigenvalue weighted by molar-refractivity contribution is 7.92. The highest BCUT2D eigenvalue weighted by Crippen LogP contribution is 2.25. The number of nitrogens with one attached hydrogen (secondary N) is 1. The third-order valence-electron chi connectivity index (χ3n) is 4.80. The Morgan fingerprint density at radius 3 is 2.41 bits per heavy atom. The number of hydrogen-bond acceptors (Lipinski definition) is 5. The lowest BCUT2D eigenvalue weighted by Crippen LogP contribution is -2.39. The van der Waals surface area contributed by atoms with Gasteiger partial charge in [0.05, 0.1) is 23.4 Å². The summed E-state index contributed by atoms with van der Waals surface area (Å²) in [6.45, 7) is 2.20. The molecule has 3 aromatic rings. The summed E-state index contributed by atoms with van der Waals surface area (Å²) in [6, 6.07) is 21.5. The summed E-state index contributed by atoms with van der Waals surface area (Å²) in [5.74, 6) is 0.0542. The van der Waals surface area contributed by atoms with E-state index in [0.717, 1.165) is 17.1 Å². The van der Waals surface area contributed by atoms with Gasteiger partial charge in [0.25, 0.3) is 15.9 Å². The largest absolute Gasteiger partial charge is 0.493 e. The molecule has 0 aliphatic rings. The first kappa shape index (κ1) is 25.3. The van der Waals surface area contributed by atoms with Crippen molar-refractivity contribution in [2.75, 3.05) is 17.5 Å². The fourth-order valence-electron chi connectivity index (χ4n) is 3.03. The van der Waals surface area contributed by atoms with Crippen LogP contribution in [-0.2, 0) is 14.8 Å². The zero-order valence-corrected chi connectivity index (χ0v) is 20.3. The van der Waals surface area contributed by atoms with Gasteiger partial charge in [-0.3, -0.25) is 9.10 Å². The van der Waals surface area contributed by atoms with E-state index in [4.69, 9.17) is 16.3 Å². The van der Waals surface area contributed by atoms with Crippen molar-refractivity contribution in [2.45, 2.75) is 24.7 Å². The Labute approximate surface area is 205 Å². The number of hydrogen-bond donors (Lipinski definition) is 1. The van der Waals surface area contributed by atoms with Gasteiger partial charge in [0.1, 0.15) is 12.3 Å². The highest BCUT2D eigenvalue weighted by atomic mass is 35.5. The van der Waals surface area contributed by atoms with Gasteiger partial charge in [-0.25, -0.2) is 13.8 Å². The van der Waals surface area contributed by atoms with Crippen molar-refractivity contribution in [3.05, 3.63) is 89.4 Å². The summed E-state index contributed by atoms with van der Waals surface area (Å²) >= 11 is 5.96. The summed E-state index contributed by atoms with van der Waals surface area (Å²) in [4.78, 5) is 12.7. The van der Waals surface area contributed by atoms with Crippen molar-refractivity contribution >= 4 is 39.4 Å². The van der Waals surface area contributed by atoms with E-state index < -0.39 is 22.5 Å². The topological polar surface area (TPSA) is 88.1 Å². The maximum absolute atomic E-state index is 13.3. The molecule has 1 N–H and O–H groups in total. The Morgan fingerprint density at radius 2 is 1.71 bits per heavy atom. The van der Waals surface area contributed by atoms with Gasteiger partial charge in [-0.2, -0.15) is 5.10 Å². The Kier molecular flexibility index (Phi) is 9.07. The molecule has 0 spiro atoms. The van der Waals surface area contributed by atoms with Crippen molar-refractivity contribution in [1.29, 1.82) is 0 Å². The number of anilines is 1. The van der Waals surface area contributed by atoms with Crippen molar-refractivity contribution in [1.82, 2.24) is 5.43 Å². The van der Waals surface area contributed by atoms with Crippen LogP contribution >= 0.6 is 11.6 Å². The van der Waals surface area contributed by atoms with Crippen LogP contribution < -0.4 is 14.5 Å². The van der Waals surface area contributed by atoms with Crippen LogP contribution in [0.5, 0.6) is 5.75 Å². The summed E-state index contributed by atoms with van der Waals surface area (Å²) in [6.07, 6.45) is 3.42. The number of ether oxygens (including phenoxy) is 1. The summed E-state index contributed by atoms with van der Waals surface area (Å²) in [7, 11) is -4.00. The zero-order chi connectivity index (χ0) is 24.4. The molecule has 0 aromatic heterocycles. The molecule has 0 saturated heterocycles. The van der Waals surface area contributed by atoms with E-state index in [9.17, 15) is 13.2 Å². The maximum Gasteiger partial charge on any atom is 0.264 e. The first-order chi connectivity index (χ1) is 16.4. The van der Waals surface area contributed by atoms with Crippen molar-refractivity contribution in [2.24, 2.45) is 5.10 Å².